The van der Waals surface area contributed by atoms with Crippen LogP contribution in [-0.4, -0.2) is 32.6 Å². The number of anilines is 1. The van der Waals surface area contributed by atoms with E-state index in [0.29, 0.717) is 12.6 Å². The first-order chi connectivity index (χ1) is 10.2. The van der Waals surface area contributed by atoms with Crippen LogP contribution in [0.15, 0.2) is 18.2 Å². The molecule has 0 radical (unpaired) electrons. The van der Waals surface area contributed by atoms with Crippen molar-refractivity contribution in [2.45, 2.75) is 39.2 Å². The van der Waals surface area contributed by atoms with Crippen molar-refractivity contribution in [3.63, 3.8) is 0 Å². The van der Waals surface area contributed by atoms with Gasteiger partial charge in [0.25, 0.3) is 0 Å². The number of hydrogen-bond acceptors (Lipinski definition) is 3. The molecule has 2 N–H and O–H groups in total. The van der Waals surface area contributed by atoms with E-state index in [1.54, 1.807) is 0 Å². The zero-order valence-corrected chi connectivity index (χ0v) is 13.4. The van der Waals surface area contributed by atoms with E-state index in [2.05, 4.69) is 47.6 Å². The van der Waals surface area contributed by atoms with E-state index in [1.165, 1.54) is 16.8 Å². The summed E-state index contributed by atoms with van der Waals surface area (Å²) in [6.07, 6.45) is 3.19. The lowest BCUT2D eigenvalue weighted by molar-refractivity contribution is -0.119. The normalized spacial score (nSPS) is 14.9. The molecular formula is C17H27N3O. The third kappa shape index (κ3) is 3.97. The van der Waals surface area contributed by atoms with Crippen LogP contribution >= 0.6 is 0 Å². The van der Waals surface area contributed by atoms with Gasteiger partial charge in [0.05, 0.1) is 6.54 Å². The summed E-state index contributed by atoms with van der Waals surface area (Å²) in [5.74, 6) is 0.129. The molecule has 2 rings (SSSR count). The molecule has 0 fully saturated rings. The molecule has 1 amide bonds. The van der Waals surface area contributed by atoms with Crippen molar-refractivity contribution < 1.29 is 4.79 Å². The molecule has 0 aromatic heterocycles. The van der Waals surface area contributed by atoms with Gasteiger partial charge in [-0.3, -0.25) is 4.79 Å². The minimum atomic E-state index is 0.129. The van der Waals surface area contributed by atoms with Crippen molar-refractivity contribution >= 4 is 11.6 Å². The number of carbonyl (C=O) groups is 1. The lowest BCUT2D eigenvalue weighted by atomic mass is 10.0. The molecule has 1 atom stereocenters. The second kappa shape index (κ2) is 7.46. The molecule has 1 aliphatic rings. The zero-order chi connectivity index (χ0) is 15.2. The SMILES string of the molecule is CCCCNC(=O)CN1CCc2cc(C(C)NC)ccc21. The summed E-state index contributed by atoms with van der Waals surface area (Å²) in [4.78, 5) is 14.1. The summed E-state index contributed by atoms with van der Waals surface area (Å²) >= 11 is 0. The van der Waals surface area contributed by atoms with Crippen molar-refractivity contribution in [2.75, 3.05) is 31.6 Å². The Kier molecular flexibility index (Phi) is 5.62. The summed E-state index contributed by atoms with van der Waals surface area (Å²) in [5, 5.41) is 6.26. The molecule has 21 heavy (non-hydrogen) atoms. The number of fused-ring (bicyclic) bond motifs is 1. The van der Waals surface area contributed by atoms with Crippen LogP contribution in [0.3, 0.4) is 0 Å². The minimum absolute atomic E-state index is 0.129. The third-order valence-electron chi connectivity index (χ3n) is 4.22. The lowest BCUT2D eigenvalue weighted by Gasteiger charge is -2.19. The fourth-order valence-electron chi connectivity index (χ4n) is 2.72. The number of hydrogen-bond donors (Lipinski definition) is 2. The van der Waals surface area contributed by atoms with Crippen LogP contribution in [0, 0.1) is 0 Å². The van der Waals surface area contributed by atoms with Crippen molar-refractivity contribution in [3.05, 3.63) is 29.3 Å². The molecule has 1 aromatic rings. The maximum Gasteiger partial charge on any atom is 0.239 e. The van der Waals surface area contributed by atoms with E-state index in [9.17, 15) is 4.79 Å². The Morgan fingerprint density at radius 2 is 2.24 bits per heavy atom. The van der Waals surface area contributed by atoms with Crippen molar-refractivity contribution in [3.8, 4) is 0 Å². The van der Waals surface area contributed by atoms with E-state index in [-0.39, 0.29) is 5.91 Å². The molecule has 0 spiro atoms. The van der Waals surface area contributed by atoms with Gasteiger partial charge < -0.3 is 15.5 Å². The van der Waals surface area contributed by atoms with Gasteiger partial charge >= 0.3 is 0 Å². The standard InChI is InChI=1S/C17H27N3O/c1-4-5-9-19-17(21)12-20-10-8-15-11-14(13(2)18-3)6-7-16(15)20/h6-7,11,13,18H,4-5,8-10,12H2,1-3H3,(H,19,21). The first-order valence-electron chi connectivity index (χ1n) is 7.97. The number of nitrogens with one attached hydrogen (secondary N) is 2. The number of amides is 1. The van der Waals surface area contributed by atoms with Crippen LogP contribution in [0.4, 0.5) is 5.69 Å². The molecule has 0 bridgehead atoms. The Morgan fingerprint density at radius 3 is 2.95 bits per heavy atom. The van der Waals surface area contributed by atoms with Gasteiger partial charge in [-0.15, -0.1) is 0 Å². The molecule has 1 heterocycles. The molecule has 1 unspecified atom stereocenters. The van der Waals surface area contributed by atoms with Gasteiger partial charge in [-0.05, 0) is 44.0 Å². The van der Waals surface area contributed by atoms with Gasteiger partial charge in [0.2, 0.25) is 5.91 Å². The topological polar surface area (TPSA) is 44.4 Å². The molecule has 0 saturated heterocycles. The summed E-state index contributed by atoms with van der Waals surface area (Å²) in [7, 11) is 1.98. The first kappa shape index (κ1) is 15.8. The Morgan fingerprint density at radius 1 is 1.43 bits per heavy atom. The maximum atomic E-state index is 11.9. The van der Waals surface area contributed by atoms with Gasteiger partial charge in [-0.1, -0.05) is 25.5 Å². The number of rotatable bonds is 7. The summed E-state index contributed by atoms with van der Waals surface area (Å²) < 4.78 is 0. The van der Waals surface area contributed by atoms with Crippen LogP contribution < -0.4 is 15.5 Å². The van der Waals surface area contributed by atoms with Gasteiger partial charge in [0.1, 0.15) is 0 Å². The summed E-state index contributed by atoms with van der Waals surface area (Å²) in [6, 6.07) is 6.95. The number of carbonyl (C=O) groups excluding carboxylic acids is 1. The van der Waals surface area contributed by atoms with Gasteiger partial charge in [0, 0.05) is 24.8 Å². The predicted octanol–water partition coefficient (Wildman–Crippen LogP) is 2.25. The van der Waals surface area contributed by atoms with Crippen LogP contribution in [0.2, 0.25) is 0 Å². The predicted molar refractivity (Wildman–Crippen MR) is 87.8 cm³/mol. The Labute approximate surface area is 127 Å². The van der Waals surface area contributed by atoms with Crippen LogP contribution in [0.25, 0.3) is 0 Å². The number of benzene rings is 1. The molecule has 116 valence electrons. The van der Waals surface area contributed by atoms with Crippen LogP contribution in [0.1, 0.15) is 43.9 Å². The van der Waals surface area contributed by atoms with Crippen molar-refractivity contribution in [1.29, 1.82) is 0 Å². The Bertz CT molecular complexity index is 487. The van der Waals surface area contributed by atoms with Gasteiger partial charge in [-0.25, -0.2) is 0 Å². The highest BCUT2D eigenvalue weighted by Gasteiger charge is 2.21. The first-order valence-corrected chi connectivity index (χ1v) is 7.97. The molecular weight excluding hydrogens is 262 g/mol. The van der Waals surface area contributed by atoms with E-state index in [0.717, 1.165) is 32.4 Å². The lowest BCUT2D eigenvalue weighted by Crippen LogP contribution is -2.36. The fourth-order valence-corrected chi connectivity index (χ4v) is 2.72. The van der Waals surface area contributed by atoms with Crippen molar-refractivity contribution in [1.82, 2.24) is 10.6 Å². The molecule has 1 aliphatic heterocycles. The van der Waals surface area contributed by atoms with E-state index >= 15 is 0 Å². The average Bonchev–Trinajstić information content (AvgIpc) is 2.89. The zero-order valence-electron chi connectivity index (χ0n) is 13.4. The minimum Gasteiger partial charge on any atom is -0.362 e. The quantitative estimate of drug-likeness (QED) is 0.757. The van der Waals surface area contributed by atoms with E-state index in [4.69, 9.17) is 0 Å². The summed E-state index contributed by atoms with van der Waals surface area (Å²) in [5.41, 5.74) is 3.88. The largest absolute Gasteiger partial charge is 0.362 e. The molecule has 4 nitrogen and oxygen atoms in total. The second-order valence-corrected chi connectivity index (χ2v) is 5.77. The van der Waals surface area contributed by atoms with Crippen molar-refractivity contribution in [2.24, 2.45) is 0 Å². The highest BCUT2D eigenvalue weighted by molar-refractivity contribution is 5.82. The molecule has 1 aromatic carbocycles. The number of unbranched alkanes of at least 4 members (excludes halogenated alkanes) is 1. The van der Waals surface area contributed by atoms with Crippen LogP contribution in [-0.2, 0) is 11.2 Å². The highest BCUT2D eigenvalue weighted by Crippen LogP contribution is 2.30. The molecule has 0 aliphatic carbocycles. The van der Waals surface area contributed by atoms with E-state index < -0.39 is 0 Å². The van der Waals surface area contributed by atoms with Gasteiger partial charge in [0.15, 0.2) is 0 Å². The monoisotopic (exact) mass is 289 g/mol. The fraction of sp³-hybridized carbons (Fsp3) is 0.588. The molecule has 4 heteroatoms. The third-order valence-corrected chi connectivity index (χ3v) is 4.22. The van der Waals surface area contributed by atoms with E-state index in [1.807, 2.05) is 7.05 Å². The Balaban J connectivity index is 1.97. The molecule has 0 saturated carbocycles. The average molecular weight is 289 g/mol. The van der Waals surface area contributed by atoms with Crippen LogP contribution in [0.5, 0.6) is 0 Å². The number of nitrogens with zero attached hydrogens (tertiary/aromatic N) is 1. The second-order valence-electron chi connectivity index (χ2n) is 5.77. The summed E-state index contributed by atoms with van der Waals surface area (Å²) in [6.45, 7) is 6.49. The highest BCUT2D eigenvalue weighted by atomic mass is 16.2. The maximum absolute atomic E-state index is 11.9. The smallest absolute Gasteiger partial charge is 0.239 e. The van der Waals surface area contributed by atoms with Gasteiger partial charge in [-0.2, -0.15) is 0 Å². The Hall–Kier alpha value is -1.55.